The third-order valence-corrected chi connectivity index (χ3v) is 3.45. The van der Waals surface area contributed by atoms with Gasteiger partial charge >= 0.3 is 0 Å². The average molecular weight is 347 g/mol. The molecule has 2 aromatic rings. The van der Waals surface area contributed by atoms with E-state index in [2.05, 4.69) is 10.6 Å². The lowest BCUT2D eigenvalue weighted by atomic mass is 10.2. The molecule has 0 radical (unpaired) electrons. The van der Waals surface area contributed by atoms with Crippen LogP contribution in [0, 0.1) is 5.92 Å². The molecule has 0 saturated heterocycles. The highest BCUT2D eigenvalue weighted by Crippen LogP contribution is 2.23. The normalized spacial score (nSPS) is 10.3. The van der Waals surface area contributed by atoms with Gasteiger partial charge in [-0.1, -0.05) is 43.6 Å². The first-order valence-corrected chi connectivity index (χ1v) is 7.91. The fraction of sp³-hybridized carbons (Fsp3) is 0.222. The van der Waals surface area contributed by atoms with Crippen LogP contribution in [0.15, 0.2) is 48.5 Å². The SMILES string of the molecule is CC(C)C(=O)Nc1cccc(NC(=O)COc2ccccc2Cl)c1. The van der Waals surface area contributed by atoms with E-state index < -0.39 is 0 Å². The van der Waals surface area contributed by atoms with Gasteiger partial charge in [0, 0.05) is 17.3 Å². The molecule has 2 rings (SSSR count). The lowest BCUT2D eigenvalue weighted by molar-refractivity contribution is -0.119. The molecule has 0 aliphatic rings. The largest absolute Gasteiger partial charge is 0.482 e. The van der Waals surface area contributed by atoms with Crippen molar-refractivity contribution >= 4 is 34.8 Å². The van der Waals surface area contributed by atoms with Crippen LogP contribution in [0.25, 0.3) is 0 Å². The molecular formula is C18H19ClN2O3. The Morgan fingerprint density at radius 3 is 2.38 bits per heavy atom. The first-order chi connectivity index (χ1) is 11.5. The minimum Gasteiger partial charge on any atom is -0.482 e. The molecule has 0 heterocycles. The van der Waals surface area contributed by atoms with Crippen molar-refractivity contribution in [3.63, 3.8) is 0 Å². The third-order valence-electron chi connectivity index (χ3n) is 3.13. The molecule has 126 valence electrons. The van der Waals surface area contributed by atoms with Crippen molar-refractivity contribution < 1.29 is 14.3 Å². The van der Waals surface area contributed by atoms with Gasteiger partial charge in [0.25, 0.3) is 5.91 Å². The Morgan fingerprint density at radius 1 is 1.04 bits per heavy atom. The minimum absolute atomic E-state index is 0.0828. The van der Waals surface area contributed by atoms with Gasteiger partial charge in [0.15, 0.2) is 6.61 Å². The Labute approximate surface area is 146 Å². The maximum atomic E-state index is 12.0. The fourth-order valence-electron chi connectivity index (χ4n) is 1.86. The van der Waals surface area contributed by atoms with Gasteiger partial charge in [-0.15, -0.1) is 0 Å². The molecule has 5 nitrogen and oxygen atoms in total. The molecule has 0 saturated carbocycles. The molecule has 0 unspecified atom stereocenters. The Kier molecular flexibility index (Phi) is 6.21. The van der Waals surface area contributed by atoms with E-state index in [-0.39, 0.29) is 24.3 Å². The number of anilines is 2. The summed E-state index contributed by atoms with van der Waals surface area (Å²) in [6.45, 7) is 3.46. The highest BCUT2D eigenvalue weighted by Gasteiger charge is 2.09. The molecule has 0 bridgehead atoms. The predicted octanol–water partition coefficient (Wildman–Crippen LogP) is 3.95. The van der Waals surface area contributed by atoms with Gasteiger partial charge in [0.05, 0.1) is 5.02 Å². The molecular weight excluding hydrogens is 328 g/mol. The van der Waals surface area contributed by atoms with Crippen LogP contribution in [0.2, 0.25) is 5.02 Å². The zero-order valence-electron chi connectivity index (χ0n) is 13.5. The fourth-order valence-corrected chi connectivity index (χ4v) is 2.05. The van der Waals surface area contributed by atoms with Gasteiger partial charge < -0.3 is 15.4 Å². The molecule has 2 N–H and O–H groups in total. The zero-order valence-corrected chi connectivity index (χ0v) is 14.3. The van der Waals surface area contributed by atoms with Gasteiger partial charge in [-0.05, 0) is 30.3 Å². The number of rotatable bonds is 6. The monoisotopic (exact) mass is 346 g/mol. The second kappa shape index (κ2) is 8.36. The van der Waals surface area contributed by atoms with Crippen LogP contribution in [-0.4, -0.2) is 18.4 Å². The number of carbonyl (C=O) groups is 2. The summed E-state index contributed by atoms with van der Waals surface area (Å²) in [5.41, 5.74) is 1.20. The van der Waals surface area contributed by atoms with Crippen molar-refractivity contribution in [1.82, 2.24) is 0 Å². The number of benzene rings is 2. The number of ether oxygens (including phenoxy) is 1. The first-order valence-electron chi connectivity index (χ1n) is 7.54. The number of hydrogen-bond donors (Lipinski definition) is 2. The molecule has 0 aromatic heterocycles. The molecule has 2 amide bonds. The van der Waals surface area contributed by atoms with Crippen LogP contribution in [0.5, 0.6) is 5.75 Å². The minimum atomic E-state index is -0.317. The Hall–Kier alpha value is -2.53. The van der Waals surface area contributed by atoms with Crippen LogP contribution < -0.4 is 15.4 Å². The number of halogens is 1. The highest BCUT2D eigenvalue weighted by molar-refractivity contribution is 6.32. The van der Waals surface area contributed by atoms with E-state index in [1.54, 1.807) is 48.5 Å². The summed E-state index contributed by atoms with van der Waals surface area (Å²) in [5, 5.41) is 5.95. The summed E-state index contributed by atoms with van der Waals surface area (Å²) in [4.78, 5) is 23.7. The molecule has 2 aromatic carbocycles. The van der Waals surface area contributed by atoms with Crippen molar-refractivity contribution in [2.45, 2.75) is 13.8 Å². The summed E-state index contributed by atoms with van der Waals surface area (Å²) in [6.07, 6.45) is 0. The van der Waals surface area contributed by atoms with Crippen LogP contribution >= 0.6 is 11.6 Å². The van der Waals surface area contributed by atoms with Gasteiger partial charge in [0.2, 0.25) is 5.91 Å². The van der Waals surface area contributed by atoms with E-state index in [0.29, 0.717) is 22.1 Å². The number of para-hydroxylation sites is 1. The Morgan fingerprint density at radius 2 is 1.71 bits per heavy atom. The van der Waals surface area contributed by atoms with Crippen molar-refractivity contribution in [2.75, 3.05) is 17.2 Å². The van der Waals surface area contributed by atoms with Gasteiger partial charge in [-0.25, -0.2) is 0 Å². The molecule has 24 heavy (non-hydrogen) atoms. The third kappa shape index (κ3) is 5.28. The molecule has 0 aliphatic carbocycles. The van der Waals surface area contributed by atoms with E-state index in [1.807, 2.05) is 13.8 Å². The first kappa shape index (κ1) is 17.8. The van der Waals surface area contributed by atoms with Crippen LogP contribution in [0.4, 0.5) is 11.4 Å². The summed E-state index contributed by atoms with van der Waals surface area (Å²) in [6, 6.07) is 13.9. The topological polar surface area (TPSA) is 67.4 Å². The highest BCUT2D eigenvalue weighted by atomic mass is 35.5. The quantitative estimate of drug-likeness (QED) is 0.832. The van der Waals surface area contributed by atoms with Crippen molar-refractivity contribution in [1.29, 1.82) is 0 Å². The number of amides is 2. The van der Waals surface area contributed by atoms with Crippen molar-refractivity contribution in [3.8, 4) is 5.75 Å². The number of nitrogens with one attached hydrogen (secondary N) is 2. The van der Waals surface area contributed by atoms with Gasteiger partial charge in [-0.3, -0.25) is 9.59 Å². The van der Waals surface area contributed by atoms with Crippen LogP contribution in [0.1, 0.15) is 13.8 Å². The maximum absolute atomic E-state index is 12.0. The number of carbonyl (C=O) groups excluding carboxylic acids is 2. The van der Waals surface area contributed by atoms with E-state index in [0.717, 1.165) is 0 Å². The van der Waals surface area contributed by atoms with Crippen molar-refractivity contribution in [2.24, 2.45) is 5.92 Å². The number of hydrogen-bond acceptors (Lipinski definition) is 3. The summed E-state index contributed by atoms with van der Waals surface area (Å²) in [7, 11) is 0. The predicted molar refractivity (Wildman–Crippen MR) is 95.5 cm³/mol. The van der Waals surface area contributed by atoms with E-state index in [4.69, 9.17) is 16.3 Å². The zero-order chi connectivity index (χ0) is 17.5. The summed E-state index contributed by atoms with van der Waals surface area (Å²) >= 11 is 5.97. The lowest BCUT2D eigenvalue weighted by Gasteiger charge is -2.11. The Bertz CT molecular complexity index is 732. The van der Waals surface area contributed by atoms with Crippen molar-refractivity contribution in [3.05, 3.63) is 53.6 Å². The van der Waals surface area contributed by atoms with E-state index in [9.17, 15) is 9.59 Å². The van der Waals surface area contributed by atoms with E-state index in [1.165, 1.54) is 0 Å². The standard InChI is InChI=1S/C18H19ClN2O3/c1-12(2)18(23)21-14-7-5-6-13(10-14)20-17(22)11-24-16-9-4-3-8-15(16)19/h3-10,12H,11H2,1-2H3,(H,20,22)(H,21,23). The molecule has 6 heteroatoms. The van der Waals surface area contributed by atoms with Gasteiger partial charge in [-0.2, -0.15) is 0 Å². The summed E-state index contributed by atoms with van der Waals surface area (Å²) in [5.74, 6) is -0.0673. The lowest BCUT2D eigenvalue weighted by Crippen LogP contribution is -2.21. The van der Waals surface area contributed by atoms with Gasteiger partial charge in [0.1, 0.15) is 5.75 Å². The second-order valence-electron chi connectivity index (χ2n) is 5.49. The van der Waals surface area contributed by atoms with Crippen LogP contribution in [0.3, 0.4) is 0 Å². The average Bonchev–Trinajstić information content (AvgIpc) is 2.54. The molecule has 0 aliphatic heterocycles. The summed E-state index contributed by atoms with van der Waals surface area (Å²) < 4.78 is 5.38. The molecule has 0 atom stereocenters. The molecule has 0 spiro atoms. The molecule has 0 fully saturated rings. The second-order valence-corrected chi connectivity index (χ2v) is 5.90. The van der Waals surface area contributed by atoms with E-state index >= 15 is 0 Å². The smallest absolute Gasteiger partial charge is 0.262 e. The maximum Gasteiger partial charge on any atom is 0.262 e. The Balaban J connectivity index is 1.92. The van der Waals surface area contributed by atoms with Crippen LogP contribution in [-0.2, 0) is 9.59 Å².